The number of nitrogens with zero attached hydrogens (tertiary/aromatic N) is 1. The quantitative estimate of drug-likeness (QED) is 0.584. The second kappa shape index (κ2) is 10.1. The van der Waals surface area contributed by atoms with Crippen molar-refractivity contribution in [2.75, 3.05) is 35.7 Å². The van der Waals surface area contributed by atoms with Crippen LogP contribution < -0.4 is 20.3 Å². The molecule has 6 nitrogen and oxygen atoms in total. The first-order valence-electron chi connectivity index (χ1n) is 9.76. The molecule has 0 spiro atoms. The van der Waals surface area contributed by atoms with Crippen molar-refractivity contribution in [1.29, 1.82) is 0 Å². The molecule has 0 aliphatic carbocycles. The average molecular weight is 403 g/mol. The van der Waals surface area contributed by atoms with Crippen LogP contribution in [0.15, 0.2) is 78.9 Å². The van der Waals surface area contributed by atoms with Gasteiger partial charge in [0.1, 0.15) is 5.75 Å². The Balaban J connectivity index is 1.57. The van der Waals surface area contributed by atoms with E-state index < -0.39 is 0 Å². The van der Waals surface area contributed by atoms with Gasteiger partial charge in [0.05, 0.1) is 13.2 Å². The fourth-order valence-electron chi connectivity index (χ4n) is 2.91. The summed E-state index contributed by atoms with van der Waals surface area (Å²) in [5.74, 6) is 0.455. The van der Waals surface area contributed by atoms with Gasteiger partial charge in [-0.2, -0.15) is 0 Å². The fourth-order valence-corrected chi connectivity index (χ4v) is 2.91. The monoisotopic (exact) mass is 403 g/mol. The molecule has 3 rings (SSSR count). The molecule has 0 aliphatic rings. The van der Waals surface area contributed by atoms with E-state index in [9.17, 15) is 9.59 Å². The molecule has 0 aromatic heterocycles. The Labute approximate surface area is 176 Å². The van der Waals surface area contributed by atoms with E-state index in [0.717, 1.165) is 11.4 Å². The Morgan fingerprint density at radius 1 is 0.900 bits per heavy atom. The normalized spacial score (nSPS) is 10.2. The number of para-hydroxylation sites is 1. The molecule has 0 saturated heterocycles. The Morgan fingerprint density at radius 2 is 1.63 bits per heavy atom. The lowest BCUT2D eigenvalue weighted by atomic mass is 10.1. The van der Waals surface area contributed by atoms with Gasteiger partial charge in [0.15, 0.2) is 0 Å². The predicted molar refractivity (Wildman–Crippen MR) is 120 cm³/mol. The number of nitrogens with one attached hydrogen (secondary N) is 2. The van der Waals surface area contributed by atoms with Gasteiger partial charge in [-0.25, -0.2) is 0 Å². The zero-order valence-corrected chi connectivity index (χ0v) is 17.1. The van der Waals surface area contributed by atoms with Crippen molar-refractivity contribution < 1.29 is 14.3 Å². The van der Waals surface area contributed by atoms with Crippen molar-refractivity contribution in [3.05, 3.63) is 84.4 Å². The highest BCUT2D eigenvalue weighted by Crippen LogP contribution is 2.18. The summed E-state index contributed by atoms with van der Waals surface area (Å²) in [5.41, 5.74) is 2.75. The summed E-state index contributed by atoms with van der Waals surface area (Å²) >= 11 is 0. The Bertz CT molecular complexity index is 988. The van der Waals surface area contributed by atoms with Crippen LogP contribution in [-0.4, -0.2) is 32.0 Å². The van der Waals surface area contributed by atoms with Crippen molar-refractivity contribution in [1.82, 2.24) is 0 Å². The van der Waals surface area contributed by atoms with Crippen LogP contribution in [0.25, 0.3) is 0 Å². The van der Waals surface area contributed by atoms with Crippen LogP contribution in [-0.2, 0) is 4.79 Å². The largest absolute Gasteiger partial charge is 0.494 e. The van der Waals surface area contributed by atoms with E-state index in [-0.39, 0.29) is 18.4 Å². The summed E-state index contributed by atoms with van der Waals surface area (Å²) in [5, 5.41) is 5.89. The molecule has 2 amide bonds. The predicted octanol–water partition coefficient (Wildman–Crippen LogP) is 4.41. The van der Waals surface area contributed by atoms with E-state index in [1.165, 1.54) is 0 Å². The maximum absolute atomic E-state index is 12.8. The fraction of sp³-hybridized carbons (Fsp3) is 0.167. The highest BCUT2D eigenvalue weighted by molar-refractivity contribution is 6.06. The minimum absolute atomic E-state index is 0.0827. The Hall–Kier alpha value is -3.80. The van der Waals surface area contributed by atoms with Crippen molar-refractivity contribution in [3.8, 4) is 5.75 Å². The highest BCUT2D eigenvalue weighted by Gasteiger charge is 2.13. The number of rotatable bonds is 8. The van der Waals surface area contributed by atoms with Crippen LogP contribution in [0.1, 0.15) is 17.3 Å². The Morgan fingerprint density at radius 3 is 2.33 bits per heavy atom. The molecule has 0 aliphatic heterocycles. The van der Waals surface area contributed by atoms with Gasteiger partial charge in [0.25, 0.3) is 5.91 Å². The van der Waals surface area contributed by atoms with E-state index in [4.69, 9.17) is 4.74 Å². The number of amides is 2. The minimum atomic E-state index is -0.183. The van der Waals surface area contributed by atoms with E-state index in [1.54, 1.807) is 42.3 Å². The molecule has 30 heavy (non-hydrogen) atoms. The van der Waals surface area contributed by atoms with E-state index >= 15 is 0 Å². The van der Waals surface area contributed by atoms with E-state index in [1.807, 2.05) is 55.5 Å². The molecule has 2 N–H and O–H groups in total. The van der Waals surface area contributed by atoms with Crippen LogP contribution in [0.4, 0.5) is 17.1 Å². The maximum Gasteiger partial charge on any atom is 0.258 e. The number of carbonyl (C=O) groups is 2. The topological polar surface area (TPSA) is 70.7 Å². The third-order valence-electron chi connectivity index (χ3n) is 4.46. The first-order valence-corrected chi connectivity index (χ1v) is 9.76. The minimum Gasteiger partial charge on any atom is -0.494 e. The third-order valence-corrected chi connectivity index (χ3v) is 4.46. The number of anilines is 3. The molecule has 0 radical (unpaired) electrons. The van der Waals surface area contributed by atoms with Crippen molar-refractivity contribution in [2.45, 2.75) is 6.92 Å². The lowest BCUT2D eigenvalue weighted by Crippen LogP contribution is -2.26. The van der Waals surface area contributed by atoms with Crippen molar-refractivity contribution in [2.24, 2.45) is 0 Å². The summed E-state index contributed by atoms with van der Waals surface area (Å²) in [6.45, 7) is 2.60. The van der Waals surface area contributed by atoms with Gasteiger partial charge in [-0.15, -0.1) is 0 Å². The highest BCUT2D eigenvalue weighted by atomic mass is 16.5. The third kappa shape index (κ3) is 5.61. The summed E-state index contributed by atoms with van der Waals surface area (Å²) in [7, 11) is 1.74. The van der Waals surface area contributed by atoms with Gasteiger partial charge in [-0.05, 0) is 61.5 Å². The molecule has 6 heteroatoms. The number of ether oxygens (including phenoxy) is 1. The second-order valence-corrected chi connectivity index (χ2v) is 6.64. The second-order valence-electron chi connectivity index (χ2n) is 6.64. The number of hydrogen-bond acceptors (Lipinski definition) is 4. The van der Waals surface area contributed by atoms with Crippen molar-refractivity contribution >= 4 is 28.9 Å². The van der Waals surface area contributed by atoms with Crippen LogP contribution in [0.3, 0.4) is 0 Å². The number of carbonyl (C=O) groups excluding carboxylic acids is 2. The lowest BCUT2D eigenvalue weighted by Gasteiger charge is -2.18. The SMILES string of the molecule is CCOc1ccc(NC(=O)CNc2cccc(C(=O)N(C)c3ccccc3)c2)cc1. The Kier molecular flexibility index (Phi) is 7.05. The molecule has 154 valence electrons. The number of benzene rings is 3. The van der Waals surface area contributed by atoms with Crippen LogP contribution in [0.2, 0.25) is 0 Å². The summed E-state index contributed by atoms with van der Waals surface area (Å²) < 4.78 is 5.39. The van der Waals surface area contributed by atoms with Gasteiger partial charge in [0.2, 0.25) is 5.91 Å². The van der Waals surface area contributed by atoms with Gasteiger partial charge in [0, 0.05) is 29.7 Å². The molecule has 3 aromatic rings. The molecule has 0 unspecified atom stereocenters. The lowest BCUT2D eigenvalue weighted by molar-refractivity contribution is -0.114. The van der Waals surface area contributed by atoms with Gasteiger partial charge in [-0.3, -0.25) is 9.59 Å². The van der Waals surface area contributed by atoms with Crippen LogP contribution in [0, 0.1) is 0 Å². The van der Waals surface area contributed by atoms with E-state index in [0.29, 0.717) is 23.5 Å². The molecular weight excluding hydrogens is 378 g/mol. The van der Waals surface area contributed by atoms with Gasteiger partial charge in [-0.1, -0.05) is 24.3 Å². The summed E-state index contributed by atoms with van der Waals surface area (Å²) in [6.07, 6.45) is 0. The first-order chi connectivity index (χ1) is 14.6. The maximum atomic E-state index is 12.8. The van der Waals surface area contributed by atoms with E-state index in [2.05, 4.69) is 10.6 Å². The zero-order chi connectivity index (χ0) is 21.3. The molecule has 3 aromatic carbocycles. The standard InChI is InChI=1S/C24H25N3O3/c1-3-30-22-14-12-19(13-15-22)26-23(28)17-25-20-9-7-8-18(16-20)24(29)27(2)21-10-5-4-6-11-21/h4-16,25H,3,17H2,1-2H3,(H,26,28). The van der Waals surface area contributed by atoms with Gasteiger partial charge < -0.3 is 20.3 Å². The first kappa shape index (κ1) is 20.9. The summed E-state index contributed by atoms with van der Waals surface area (Å²) in [4.78, 5) is 26.6. The molecule has 0 fully saturated rings. The average Bonchev–Trinajstić information content (AvgIpc) is 2.79. The molecule has 0 bridgehead atoms. The zero-order valence-electron chi connectivity index (χ0n) is 17.1. The summed E-state index contributed by atoms with van der Waals surface area (Å²) in [6, 6.07) is 23.8. The van der Waals surface area contributed by atoms with Crippen molar-refractivity contribution in [3.63, 3.8) is 0 Å². The van der Waals surface area contributed by atoms with Crippen LogP contribution in [0.5, 0.6) is 5.75 Å². The smallest absolute Gasteiger partial charge is 0.258 e. The molecular formula is C24H25N3O3. The van der Waals surface area contributed by atoms with Crippen LogP contribution >= 0.6 is 0 Å². The molecule has 0 heterocycles. The molecule has 0 saturated carbocycles. The van der Waals surface area contributed by atoms with Gasteiger partial charge >= 0.3 is 0 Å². The number of hydrogen-bond donors (Lipinski definition) is 2. The molecule has 0 atom stereocenters.